The summed E-state index contributed by atoms with van der Waals surface area (Å²) in [6, 6.07) is 12.0. The van der Waals surface area contributed by atoms with E-state index in [0.29, 0.717) is 18.3 Å². The number of nitrogens with zero attached hydrogens (tertiary/aromatic N) is 4. The molecule has 8 nitrogen and oxygen atoms in total. The molecule has 0 fully saturated rings. The number of rotatable bonds is 14. The van der Waals surface area contributed by atoms with Gasteiger partial charge in [0.25, 0.3) is 0 Å². The first kappa shape index (κ1) is 32.5. The minimum Gasteiger partial charge on any atom is -0.404 e. The number of nitrogens with one attached hydrogen (secondary N) is 3. The zero-order chi connectivity index (χ0) is 30.8. The molecule has 0 radical (unpaired) electrons. The maximum absolute atomic E-state index is 12.4. The van der Waals surface area contributed by atoms with Crippen molar-refractivity contribution < 1.29 is 17.9 Å². The molecule has 4 rings (SSSR count). The number of pyridine rings is 2. The summed E-state index contributed by atoms with van der Waals surface area (Å²) in [5, 5.41) is 13.3. The van der Waals surface area contributed by atoms with Gasteiger partial charge in [-0.1, -0.05) is 56.0 Å². The maximum atomic E-state index is 12.4. The lowest BCUT2D eigenvalue weighted by Gasteiger charge is -2.17. The molecule has 0 aliphatic rings. The number of halogens is 4. The van der Waals surface area contributed by atoms with E-state index in [2.05, 4.69) is 46.5 Å². The highest BCUT2D eigenvalue weighted by atomic mass is 35.5. The van der Waals surface area contributed by atoms with Crippen molar-refractivity contribution in [2.45, 2.75) is 51.9 Å². The average Bonchev–Trinajstić information content (AvgIpc) is 2.99. The third kappa shape index (κ3) is 9.05. The Morgan fingerprint density at radius 3 is 2.63 bits per heavy atom. The fourth-order valence-corrected chi connectivity index (χ4v) is 5.46. The summed E-state index contributed by atoms with van der Waals surface area (Å²) in [6.45, 7) is 4.30. The number of unbranched alkanes of at least 4 members (excludes halogenated alkanes) is 1. The van der Waals surface area contributed by atoms with Crippen LogP contribution in [0.25, 0.3) is 21.7 Å². The van der Waals surface area contributed by atoms with E-state index in [1.165, 1.54) is 12.1 Å². The average molecular weight is 632 g/mol. The number of fused-ring (bicyclic) bond motifs is 3. The molecule has 0 aliphatic carbocycles. The molecule has 0 amide bonds. The highest BCUT2D eigenvalue weighted by Crippen LogP contribution is 2.31. The van der Waals surface area contributed by atoms with Crippen molar-refractivity contribution in [1.82, 2.24) is 15.3 Å². The van der Waals surface area contributed by atoms with Gasteiger partial charge in [-0.3, -0.25) is 4.98 Å². The van der Waals surface area contributed by atoms with Crippen LogP contribution >= 0.6 is 21.0 Å². The van der Waals surface area contributed by atoms with Gasteiger partial charge in [-0.25, -0.2) is 15.3 Å². The maximum Gasteiger partial charge on any atom is 0.573 e. The van der Waals surface area contributed by atoms with Crippen molar-refractivity contribution >= 4 is 54.3 Å². The number of hydrogen-bond donors (Lipinski definition) is 3. The highest BCUT2D eigenvalue weighted by Gasteiger charge is 2.32. The molecule has 13 heteroatoms. The van der Waals surface area contributed by atoms with E-state index in [1.807, 2.05) is 30.5 Å². The van der Waals surface area contributed by atoms with Gasteiger partial charge in [0.15, 0.2) is 5.84 Å². The Hall–Kier alpha value is -3.40. The molecule has 2 heterocycles. The summed E-state index contributed by atoms with van der Waals surface area (Å²) in [5.41, 5.74) is 9.67. The summed E-state index contributed by atoms with van der Waals surface area (Å²) in [5.74, 6) is 1.27. The first-order valence-corrected chi connectivity index (χ1v) is 14.9. The Morgan fingerprint density at radius 2 is 1.91 bits per heavy atom. The van der Waals surface area contributed by atoms with Crippen molar-refractivity contribution in [2.75, 3.05) is 18.4 Å². The molecule has 0 aliphatic heterocycles. The molecule has 0 spiro atoms. The lowest BCUT2D eigenvalue weighted by atomic mass is 9.95. The summed E-state index contributed by atoms with van der Waals surface area (Å²) < 4.78 is 45.2. The number of ether oxygens (including phenoxy) is 1. The van der Waals surface area contributed by atoms with Crippen molar-refractivity contribution in [3.8, 4) is 5.75 Å². The van der Waals surface area contributed by atoms with E-state index < -0.39 is 12.1 Å². The second-order valence-electron chi connectivity index (χ2n) is 10.2. The zero-order valence-electron chi connectivity index (χ0n) is 23.7. The Bertz CT molecular complexity index is 1590. The van der Waals surface area contributed by atoms with Gasteiger partial charge in [0.05, 0.1) is 10.5 Å². The first-order chi connectivity index (χ1) is 20.7. The van der Waals surface area contributed by atoms with E-state index in [0.717, 1.165) is 83.8 Å². The minimum atomic E-state index is -4.77. The standard InChI is InChI=1S/C30H34ClF3N7OP/c1-2-19(5-3-4-12-36-17-20-6-9-27(25(31)15-20)42-30(32,33)34)10-14-38-29-23-11-13-37-18-24(23)22-8-7-21(16-26(22)39-29)28(40-35)41-43/h6-9,11,13,15-16,18-19,35-36H,2-5,10,12,14,17,43H2,1H3,(H,38,39)/b40-35?,41-28-. The molecule has 0 saturated carbocycles. The second kappa shape index (κ2) is 15.4. The molecular weight excluding hydrogens is 598 g/mol. The molecular formula is C30H34ClF3N7OP. The normalized spacial score (nSPS) is 12.9. The molecule has 0 bridgehead atoms. The van der Waals surface area contributed by atoms with E-state index >= 15 is 0 Å². The van der Waals surface area contributed by atoms with Crippen LogP contribution < -0.4 is 15.4 Å². The van der Waals surface area contributed by atoms with Crippen molar-refractivity contribution in [2.24, 2.45) is 15.8 Å². The topological polar surface area (TPSA) is 108 Å². The van der Waals surface area contributed by atoms with Gasteiger partial charge >= 0.3 is 6.36 Å². The quantitative estimate of drug-likeness (QED) is 0.0322. The SMILES string of the molecule is CCC(CCCCNCc1ccc(OC(F)(F)F)c(Cl)c1)CCNc1nc2cc(/C(N=N)=N/P)ccc2c2cnccc12. The van der Waals surface area contributed by atoms with Gasteiger partial charge in [0.1, 0.15) is 11.6 Å². The largest absolute Gasteiger partial charge is 0.573 e. The number of anilines is 1. The van der Waals surface area contributed by atoms with E-state index in [1.54, 1.807) is 12.3 Å². The number of amidine groups is 1. The number of hydrogen-bond acceptors (Lipinski definition) is 7. The zero-order valence-corrected chi connectivity index (χ0v) is 25.6. The molecule has 228 valence electrons. The molecule has 0 saturated heterocycles. The first-order valence-electron chi connectivity index (χ1n) is 14.0. The van der Waals surface area contributed by atoms with Crippen LogP contribution in [-0.2, 0) is 6.54 Å². The summed E-state index contributed by atoms with van der Waals surface area (Å²) in [6.07, 6.45) is 4.08. The molecule has 2 atom stereocenters. The summed E-state index contributed by atoms with van der Waals surface area (Å²) >= 11 is 5.93. The number of aromatic nitrogens is 2. The van der Waals surface area contributed by atoms with E-state index in [9.17, 15) is 13.2 Å². The van der Waals surface area contributed by atoms with Crippen molar-refractivity contribution in [3.63, 3.8) is 0 Å². The van der Waals surface area contributed by atoms with Crippen LogP contribution in [0.2, 0.25) is 5.02 Å². The van der Waals surface area contributed by atoms with E-state index in [4.69, 9.17) is 22.1 Å². The number of alkyl halides is 3. The Balaban J connectivity index is 1.26. The molecule has 4 aromatic rings. The predicted octanol–water partition coefficient (Wildman–Crippen LogP) is 8.69. The third-order valence-corrected chi connectivity index (χ3v) is 7.81. The Labute approximate surface area is 255 Å². The van der Waals surface area contributed by atoms with Crippen molar-refractivity contribution in [3.05, 3.63) is 71.0 Å². The monoisotopic (exact) mass is 631 g/mol. The fourth-order valence-electron chi connectivity index (χ4n) is 5.01. The van der Waals surface area contributed by atoms with Crippen molar-refractivity contribution in [1.29, 1.82) is 5.53 Å². The highest BCUT2D eigenvalue weighted by molar-refractivity contribution is 7.15. The number of benzene rings is 2. The van der Waals surface area contributed by atoms with Gasteiger partial charge < -0.3 is 15.4 Å². The lowest BCUT2D eigenvalue weighted by Crippen LogP contribution is -2.18. The molecule has 2 aromatic carbocycles. The van der Waals surface area contributed by atoms with Gasteiger partial charge in [-0.15, -0.1) is 18.3 Å². The Kier molecular flexibility index (Phi) is 11.6. The van der Waals surface area contributed by atoms with Crippen LogP contribution in [0.3, 0.4) is 0 Å². The molecule has 3 N–H and O–H groups in total. The van der Waals surface area contributed by atoms with Crippen LogP contribution in [-0.4, -0.2) is 35.3 Å². The van der Waals surface area contributed by atoms with Crippen LogP contribution in [0.15, 0.2) is 64.7 Å². The summed E-state index contributed by atoms with van der Waals surface area (Å²) in [4.78, 5) is 9.23. The smallest absolute Gasteiger partial charge is 0.404 e. The summed E-state index contributed by atoms with van der Waals surface area (Å²) in [7, 11) is 2.24. The molecule has 2 unspecified atom stereocenters. The fraction of sp³-hybridized carbons (Fsp3) is 0.367. The van der Waals surface area contributed by atoms with Gasteiger partial charge in [0.2, 0.25) is 0 Å². The van der Waals surface area contributed by atoms with E-state index in [-0.39, 0.29) is 5.02 Å². The lowest BCUT2D eigenvalue weighted by molar-refractivity contribution is -0.274. The Morgan fingerprint density at radius 1 is 1.07 bits per heavy atom. The van der Waals surface area contributed by atoms with Gasteiger partial charge in [-0.05, 0) is 64.5 Å². The second-order valence-corrected chi connectivity index (χ2v) is 10.8. The minimum absolute atomic E-state index is 0.0660. The molecule has 2 aromatic heterocycles. The van der Waals surface area contributed by atoms with Gasteiger partial charge in [0, 0.05) is 47.2 Å². The van der Waals surface area contributed by atoms with Crippen LogP contribution in [0.1, 0.15) is 50.2 Å². The third-order valence-electron chi connectivity index (χ3n) is 7.27. The van der Waals surface area contributed by atoms with Gasteiger partial charge in [-0.2, -0.15) is 0 Å². The van der Waals surface area contributed by atoms with Crippen LogP contribution in [0.4, 0.5) is 19.0 Å². The molecule has 43 heavy (non-hydrogen) atoms. The van der Waals surface area contributed by atoms with Crippen LogP contribution in [0.5, 0.6) is 5.75 Å². The predicted molar refractivity (Wildman–Crippen MR) is 169 cm³/mol. The van der Waals surface area contributed by atoms with Crippen LogP contribution in [0, 0.1) is 11.4 Å².